The molecule has 1 aromatic carbocycles. The highest BCUT2D eigenvalue weighted by molar-refractivity contribution is 6.32. The van der Waals surface area contributed by atoms with Gasteiger partial charge in [0, 0.05) is 30.8 Å². The molecule has 160 valence electrons. The van der Waals surface area contributed by atoms with Crippen LogP contribution in [0.2, 0.25) is 5.02 Å². The number of pyridine rings is 1. The summed E-state index contributed by atoms with van der Waals surface area (Å²) in [4.78, 5) is 29.6. The molecule has 1 aliphatic heterocycles. The second kappa shape index (κ2) is 7.81. The van der Waals surface area contributed by atoms with E-state index in [0.717, 1.165) is 22.9 Å². The normalized spacial score (nSPS) is 14.4. The molecule has 4 rings (SSSR count). The Labute approximate surface area is 185 Å². The largest absolute Gasteiger partial charge is 0.444 e. The number of fused-ring (bicyclic) bond motifs is 1. The van der Waals surface area contributed by atoms with Crippen LogP contribution in [0.3, 0.4) is 0 Å². The number of carbonyl (C=O) groups excluding carboxylic acids is 2. The molecule has 0 N–H and O–H groups in total. The Bertz CT molecular complexity index is 1190. The van der Waals surface area contributed by atoms with Gasteiger partial charge < -0.3 is 9.64 Å². The lowest BCUT2D eigenvalue weighted by Crippen LogP contribution is -2.50. The van der Waals surface area contributed by atoms with Crippen molar-refractivity contribution >= 4 is 41.1 Å². The zero-order valence-corrected chi connectivity index (χ0v) is 18.4. The van der Waals surface area contributed by atoms with E-state index < -0.39 is 5.60 Å². The van der Waals surface area contributed by atoms with Crippen LogP contribution >= 0.6 is 11.6 Å². The molecule has 0 atom stereocenters. The molecule has 1 fully saturated rings. The number of rotatable bonds is 4. The standard InChI is InChI=1S/C23H23ClN4O3/c1-5-15-8-9-25-21-19(15)20(16-11-27(12-16)22(30)31-23(2,3)4)26-28(21)18-7-6-14(13-29)10-17(18)24/h5-10,13,16H,1,11-12H2,2-4H3. The molecular formula is C23H23ClN4O3. The summed E-state index contributed by atoms with van der Waals surface area (Å²) in [5, 5.41) is 6.10. The number of hydrogen-bond acceptors (Lipinski definition) is 5. The first-order chi connectivity index (χ1) is 14.7. The molecule has 1 aliphatic rings. The van der Waals surface area contributed by atoms with Gasteiger partial charge in [0.25, 0.3) is 0 Å². The Morgan fingerprint density at radius 2 is 2.03 bits per heavy atom. The summed E-state index contributed by atoms with van der Waals surface area (Å²) in [6.45, 7) is 10.5. The lowest BCUT2D eigenvalue weighted by atomic mass is 9.93. The minimum atomic E-state index is -0.541. The van der Waals surface area contributed by atoms with E-state index in [9.17, 15) is 9.59 Å². The van der Waals surface area contributed by atoms with Crippen molar-refractivity contribution < 1.29 is 14.3 Å². The van der Waals surface area contributed by atoms with Gasteiger partial charge in [0.2, 0.25) is 0 Å². The molecular weight excluding hydrogens is 416 g/mol. The molecule has 1 saturated heterocycles. The molecule has 7 nitrogen and oxygen atoms in total. The molecule has 2 aromatic heterocycles. The summed E-state index contributed by atoms with van der Waals surface area (Å²) in [5.74, 6) is 0.0344. The average Bonchev–Trinajstić information content (AvgIpc) is 3.04. The third kappa shape index (κ3) is 3.93. The highest BCUT2D eigenvalue weighted by atomic mass is 35.5. The maximum atomic E-state index is 12.3. The Hall–Kier alpha value is -3.19. The topological polar surface area (TPSA) is 77.3 Å². The van der Waals surface area contributed by atoms with E-state index in [1.807, 2.05) is 26.8 Å². The number of hydrogen-bond donors (Lipinski definition) is 0. The second-order valence-electron chi connectivity index (χ2n) is 8.51. The summed E-state index contributed by atoms with van der Waals surface area (Å²) in [6, 6.07) is 6.92. The summed E-state index contributed by atoms with van der Waals surface area (Å²) in [7, 11) is 0. The van der Waals surface area contributed by atoms with Gasteiger partial charge in [-0.05, 0) is 50.6 Å². The smallest absolute Gasteiger partial charge is 0.410 e. The van der Waals surface area contributed by atoms with E-state index in [4.69, 9.17) is 21.4 Å². The van der Waals surface area contributed by atoms with Crippen molar-refractivity contribution in [3.05, 3.63) is 58.9 Å². The predicted octanol–water partition coefficient (Wildman–Crippen LogP) is 4.86. The van der Waals surface area contributed by atoms with Crippen molar-refractivity contribution in [3.8, 4) is 5.69 Å². The number of halogens is 1. The van der Waals surface area contributed by atoms with Crippen LogP contribution in [0.4, 0.5) is 4.79 Å². The van der Waals surface area contributed by atoms with Gasteiger partial charge in [-0.15, -0.1) is 0 Å². The van der Waals surface area contributed by atoms with Gasteiger partial charge in [0.05, 0.1) is 21.8 Å². The third-order valence-electron chi connectivity index (χ3n) is 5.10. The molecule has 0 spiro atoms. The van der Waals surface area contributed by atoms with Gasteiger partial charge in [-0.1, -0.05) is 24.3 Å². The molecule has 0 bridgehead atoms. The van der Waals surface area contributed by atoms with Crippen molar-refractivity contribution in [1.82, 2.24) is 19.7 Å². The van der Waals surface area contributed by atoms with Gasteiger partial charge in [0.15, 0.2) is 5.65 Å². The molecule has 0 aliphatic carbocycles. The van der Waals surface area contributed by atoms with Gasteiger partial charge in [0.1, 0.15) is 11.9 Å². The van der Waals surface area contributed by atoms with Crippen LogP contribution in [0.5, 0.6) is 0 Å². The summed E-state index contributed by atoms with van der Waals surface area (Å²) in [5.41, 5.74) is 2.94. The molecule has 0 saturated carbocycles. The van der Waals surface area contributed by atoms with Gasteiger partial charge in [-0.2, -0.15) is 5.10 Å². The number of ether oxygens (including phenoxy) is 1. The first kappa shape index (κ1) is 21.1. The number of likely N-dealkylation sites (tertiary alicyclic amines) is 1. The molecule has 0 radical (unpaired) electrons. The highest BCUT2D eigenvalue weighted by Gasteiger charge is 2.37. The number of benzene rings is 1. The minimum absolute atomic E-state index is 0.0344. The highest BCUT2D eigenvalue weighted by Crippen LogP contribution is 2.36. The molecule has 0 unspecified atom stereocenters. The SMILES string of the molecule is C=Cc1ccnc2c1c(C1CN(C(=O)OC(C)(C)C)C1)nn2-c1ccc(C=O)cc1Cl. The quantitative estimate of drug-likeness (QED) is 0.543. The van der Waals surface area contributed by atoms with Crippen LogP contribution in [0.25, 0.3) is 22.8 Å². The van der Waals surface area contributed by atoms with Crippen LogP contribution in [0.1, 0.15) is 48.3 Å². The summed E-state index contributed by atoms with van der Waals surface area (Å²) < 4.78 is 7.14. The second-order valence-corrected chi connectivity index (χ2v) is 8.92. The number of aromatic nitrogens is 3. The molecule has 3 heterocycles. The van der Waals surface area contributed by atoms with Crippen LogP contribution in [0, 0.1) is 0 Å². The van der Waals surface area contributed by atoms with Gasteiger partial charge >= 0.3 is 6.09 Å². The van der Waals surface area contributed by atoms with Crippen molar-refractivity contribution in [3.63, 3.8) is 0 Å². The molecule has 3 aromatic rings. The van der Waals surface area contributed by atoms with E-state index in [1.165, 1.54) is 0 Å². The van der Waals surface area contributed by atoms with Crippen LogP contribution < -0.4 is 0 Å². The first-order valence-electron chi connectivity index (χ1n) is 9.95. The number of amides is 1. The van der Waals surface area contributed by atoms with E-state index in [-0.39, 0.29) is 12.0 Å². The van der Waals surface area contributed by atoms with E-state index >= 15 is 0 Å². The summed E-state index contributed by atoms with van der Waals surface area (Å²) in [6.07, 6.45) is 3.88. The number of aldehydes is 1. The Morgan fingerprint density at radius 1 is 1.29 bits per heavy atom. The fraction of sp³-hybridized carbons (Fsp3) is 0.304. The molecule has 1 amide bonds. The van der Waals surface area contributed by atoms with E-state index in [0.29, 0.717) is 35.0 Å². The maximum absolute atomic E-state index is 12.3. The average molecular weight is 439 g/mol. The zero-order chi connectivity index (χ0) is 22.3. The predicted molar refractivity (Wildman–Crippen MR) is 120 cm³/mol. The van der Waals surface area contributed by atoms with E-state index in [1.54, 1.807) is 40.1 Å². The first-order valence-corrected chi connectivity index (χ1v) is 10.3. The number of nitrogens with zero attached hydrogens (tertiary/aromatic N) is 4. The van der Waals surface area contributed by atoms with Gasteiger partial charge in [-0.25, -0.2) is 14.5 Å². The Morgan fingerprint density at radius 3 is 2.65 bits per heavy atom. The third-order valence-corrected chi connectivity index (χ3v) is 5.41. The summed E-state index contributed by atoms with van der Waals surface area (Å²) >= 11 is 6.44. The van der Waals surface area contributed by atoms with Crippen LogP contribution in [0.15, 0.2) is 37.0 Å². The number of carbonyl (C=O) groups is 2. The van der Waals surface area contributed by atoms with Crippen LogP contribution in [-0.2, 0) is 4.74 Å². The lowest BCUT2D eigenvalue weighted by Gasteiger charge is -2.39. The van der Waals surface area contributed by atoms with Crippen molar-refractivity contribution in [2.24, 2.45) is 0 Å². The van der Waals surface area contributed by atoms with Crippen molar-refractivity contribution in [1.29, 1.82) is 0 Å². The maximum Gasteiger partial charge on any atom is 0.410 e. The fourth-order valence-electron chi connectivity index (χ4n) is 3.61. The zero-order valence-electron chi connectivity index (χ0n) is 17.6. The van der Waals surface area contributed by atoms with Gasteiger partial charge in [-0.3, -0.25) is 4.79 Å². The fourth-order valence-corrected chi connectivity index (χ4v) is 3.88. The van der Waals surface area contributed by atoms with Crippen LogP contribution in [-0.4, -0.2) is 50.7 Å². The lowest BCUT2D eigenvalue weighted by molar-refractivity contribution is 0.00794. The Kier molecular flexibility index (Phi) is 5.31. The van der Waals surface area contributed by atoms with Crippen molar-refractivity contribution in [2.45, 2.75) is 32.3 Å². The van der Waals surface area contributed by atoms with E-state index in [2.05, 4.69) is 11.6 Å². The Balaban J connectivity index is 1.73. The molecule has 8 heteroatoms. The molecule has 31 heavy (non-hydrogen) atoms. The minimum Gasteiger partial charge on any atom is -0.444 e. The monoisotopic (exact) mass is 438 g/mol. The van der Waals surface area contributed by atoms with Crippen molar-refractivity contribution in [2.75, 3.05) is 13.1 Å².